The number of allylic oxidation sites excluding steroid dienone is 2. The predicted octanol–water partition coefficient (Wildman–Crippen LogP) is 5.30. The molecule has 1 aliphatic rings. The number of rotatable bonds is 8. The van der Waals surface area contributed by atoms with E-state index < -0.39 is 0 Å². The lowest BCUT2D eigenvalue weighted by molar-refractivity contribution is 0.358. The van der Waals surface area contributed by atoms with Gasteiger partial charge in [0.05, 0.1) is 0 Å². The van der Waals surface area contributed by atoms with E-state index in [1.807, 2.05) is 0 Å². The fraction of sp³-hybridized carbons (Fsp3) is 0.889. The zero-order valence-corrected chi connectivity index (χ0v) is 13.4. The first kappa shape index (κ1) is 16.8. The third-order valence-corrected chi connectivity index (χ3v) is 4.83. The van der Waals surface area contributed by atoms with E-state index in [4.69, 9.17) is 5.73 Å². The molecule has 1 rings (SSSR count). The Hall–Kier alpha value is -0.300. The Bertz CT molecular complexity index is 238. The van der Waals surface area contributed by atoms with Crippen LogP contribution >= 0.6 is 0 Å². The monoisotopic (exact) mass is 265 g/mol. The summed E-state index contributed by atoms with van der Waals surface area (Å²) in [6.45, 7) is 6.87. The molecule has 2 unspecified atom stereocenters. The Kier molecular flexibility index (Phi) is 8.45. The summed E-state index contributed by atoms with van der Waals surface area (Å²) in [7, 11) is 0. The minimum Gasteiger partial charge on any atom is -0.328 e. The Morgan fingerprint density at radius 1 is 1.11 bits per heavy atom. The van der Waals surface area contributed by atoms with Crippen LogP contribution in [0.25, 0.3) is 0 Å². The minimum atomic E-state index is 0.396. The summed E-state index contributed by atoms with van der Waals surface area (Å²) in [5.74, 6) is 2.43. The van der Waals surface area contributed by atoms with Crippen LogP contribution in [0, 0.1) is 17.8 Å². The van der Waals surface area contributed by atoms with E-state index in [-0.39, 0.29) is 0 Å². The average Bonchev–Trinajstić information content (AvgIpc) is 2.42. The Morgan fingerprint density at radius 3 is 2.37 bits per heavy atom. The fourth-order valence-electron chi connectivity index (χ4n) is 3.13. The van der Waals surface area contributed by atoms with Gasteiger partial charge >= 0.3 is 0 Å². The zero-order valence-electron chi connectivity index (χ0n) is 13.4. The van der Waals surface area contributed by atoms with Gasteiger partial charge in [-0.1, -0.05) is 65.0 Å². The molecule has 112 valence electrons. The Labute approximate surface area is 121 Å². The van der Waals surface area contributed by atoms with E-state index in [9.17, 15) is 0 Å². The van der Waals surface area contributed by atoms with Crippen molar-refractivity contribution in [3.05, 3.63) is 12.2 Å². The Morgan fingerprint density at radius 2 is 1.79 bits per heavy atom. The van der Waals surface area contributed by atoms with Crippen molar-refractivity contribution in [2.45, 2.75) is 84.6 Å². The first-order chi connectivity index (χ1) is 9.13. The van der Waals surface area contributed by atoms with Crippen LogP contribution in [0.3, 0.4) is 0 Å². The van der Waals surface area contributed by atoms with Crippen LogP contribution in [-0.4, -0.2) is 6.04 Å². The van der Waals surface area contributed by atoms with Gasteiger partial charge in [0.25, 0.3) is 0 Å². The lowest BCUT2D eigenvalue weighted by atomic mass is 9.85. The van der Waals surface area contributed by atoms with Gasteiger partial charge in [0.2, 0.25) is 0 Å². The van der Waals surface area contributed by atoms with Crippen molar-refractivity contribution >= 4 is 0 Å². The van der Waals surface area contributed by atoms with Gasteiger partial charge in [0.15, 0.2) is 0 Å². The van der Waals surface area contributed by atoms with Crippen LogP contribution in [0.2, 0.25) is 0 Å². The molecule has 1 nitrogen and oxygen atoms in total. The third-order valence-electron chi connectivity index (χ3n) is 4.83. The molecule has 1 aliphatic carbocycles. The van der Waals surface area contributed by atoms with E-state index in [1.165, 1.54) is 51.4 Å². The molecular formula is C18H35N. The summed E-state index contributed by atoms with van der Waals surface area (Å²) in [6, 6.07) is 0.396. The lowest BCUT2D eigenvalue weighted by Gasteiger charge is -2.21. The topological polar surface area (TPSA) is 26.0 Å². The molecule has 1 fully saturated rings. The summed E-state index contributed by atoms with van der Waals surface area (Å²) in [6.07, 6.45) is 17.1. The van der Waals surface area contributed by atoms with Crippen molar-refractivity contribution in [2.75, 3.05) is 0 Å². The van der Waals surface area contributed by atoms with Crippen LogP contribution in [0.15, 0.2) is 12.2 Å². The second kappa shape index (κ2) is 9.58. The molecule has 2 atom stereocenters. The van der Waals surface area contributed by atoms with E-state index in [0.29, 0.717) is 6.04 Å². The SMILES string of the molecule is CCC(N)CCC(/C=C/CC1CCCCC1)C(C)C. The smallest absolute Gasteiger partial charge is 0.00364 e. The summed E-state index contributed by atoms with van der Waals surface area (Å²) >= 11 is 0. The summed E-state index contributed by atoms with van der Waals surface area (Å²) in [4.78, 5) is 0. The summed E-state index contributed by atoms with van der Waals surface area (Å²) < 4.78 is 0. The van der Waals surface area contributed by atoms with Crippen LogP contribution < -0.4 is 5.73 Å². The Balaban J connectivity index is 2.30. The van der Waals surface area contributed by atoms with Gasteiger partial charge < -0.3 is 5.73 Å². The van der Waals surface area contributed by atoms with Crippen molar-refractivity contribution in [3.8, 4) is 0 Å². The maximum Gasteiger partial charge on any atom is 0.00364 e. The molecule has 0 aromatic heterocycles. The molecule has 0 heterocycles. The van der Waals surface area contributed by atoms with E-state index >= 15 is 0 Å². The average molecular weight is 265 g/mol. The van der Waals surface area contributed by atoms with Crippen molar-refractivity contribution in [1.82, 2.24) is 0 Å². The molecule has 0 amide bonds. The van der Waals surface area contributed by atoms with Crippen LogP contribution in [-0.2, 0) is 0 Å². The van der Waals surface area contributed by atoms with Gasteiger partial charge in [-0.3, -0.25) is 0 Å². The molecule has 0 aromatic rings. The summed E-state index contributed by atoms with van der Waals surface area (Å²) in [5.41, 5.74) is 6.04. The summed E-state index contributed by atoms with van der Waals surface area (Å²) in [5, 5.41) is 0. The second-order valence-corrected chi connectivity index (χ2v) is 6.82. The maximum absolute atomic E-state index is 6.04. The highest BCUT2D eigenvalue weighted by atomic mass is 14.6. The van der Waals surface area contributed by atoms with Crippen LogP contribution in [0.4, 0.5) is 0 Å². The van der Waals surface area contributed by atoms with E-state index in [1.54, 1.807) is 0 Å². The fourth-order valence-corrected chi connectivity index (χ4v) is 3.13. The second-order valence-electron chi connectivity index (χ2n) is 6.82. The molecule has 0 spiro atoms. The highest BCUT2D eigenvalue weighted by Gasteiger charge is 2.14. The molecule has 2 N–H and O–H groups in total. The van der Waals surface area contributed by atoms with Crippen molar-refractivity contribution in [2.24, 2.45) is 23.5 Å². The van der Waals surface area contributed by atoms with Crippen LogP contribution in [0.1, 0.15) is 78.6 Å². The standard InChI is InChI=1S/C18H35N/c1-4-18(19)14-13-17(15(2)3)12-8-11-16-9-6-5-7-10-16/h8,12,15-18H,4-7,9-11,13-14,19H2,1-3H3/b12-8+. The quantitative estimate of drug-likeness (QED) is 0.592. The molecule has 0 saturated heterocycles. The molecule has 1 saturated carbocycles. The zero-order chi connectivity index (χ0) is 14.1. The third kappa shape index (κ3) is 7.15. The normalized spacial score (nSPS) is 21.1. The molecule has 0 aromatic carbocycles. The van der Waals surface area contributed by atoms with Crippen molar-refractivity contribution in [3.63, 3.8) is 0 Å². The number of hydrogen-bond acceptors (Lipinski definition) is 1. The molecular weight excluding hydrogens is 230 g/mol. The van der Waals surface area contributed by atoms with Crippen molar-refractivity contribution in [1.29, 1.82) is 0 Å². The lowest BCUT2D eigenvalue weighted by Crippen LogP contribution is -2.20. The number of nitrogens with two attached hydrogens (primary N) is 1. The first-order valence-electron chi connectivity index (χ1n) is 8.55. The van der Waals surface area contributed by atoms with E-state index in [0.717, 1.165) is 24.2 Å². The molecule has 1 heteroatoms. The van der Waals surface area contributed by atoms with Gasteiger partial charge in [-0.05, 0) is 43.4 Å². The largest absolute Gasteiger partial charge is 0.328 e. The van der Waals surface area contributed by atoms with Gasteiger partial charge in [0.1, 0.15) is 0 Å². The number of hydrogen-bond donors (Lipinski definition) is 1. The predicted molar refractivity (Wildman–Crippen MR) is 86.2 cm³/mol. The van der Waals surface area contributed by atoms with Gasteiger partial charge in [-0.15, -0.1) is 0 Å². The molecule has 19 heavy (non-hydrogen) atoms. The van der Waals surface area contributed by atoms with Gasteiger partial charge in [0, 0.05) is 6.04 Å². The van der Waals surface area contributed by atoms with E-state index in [2.05, 4.69) is 32.9 Å². The first-order valence-corrected chi connectivity index (χ1v) is 8.55. The maximum atomic E-state index is 6.04. The molecule has 0 radical (unpaired) electrons. The van der Waals surface area contributed by atoms with Gasteiger partial charge in [-0.2, -0.15) is 0 Å². The molecule has 0 bridgehead atoms. The molecule has 0 aliphatic heterocycles. The minimum absolute atomic E-state index is 0.396. The van der Waals surface area contributed by atoms with Crippen LogP contribution in [0.5, 0.6) is 0 Å². The highest BCUT2D eigenvalue weighted by Crippen LogP contribution is 2.27. The van der Waals surface area contributed by atoms with Gasteiger partial charge in [-0.25, -0.2) is 0 Å². The van der Waals surface area contributed by atoms with Crippen molar-refractivity contribution < 1.29 is 0 Å². The highest BCUT2D eigenvalue weighted by molar-refractivity contribution is 4.92.